The third kappa shape index (κ3) is 8.33. The van der Waals surface area contributed by atoms with Crippen molar-refractivity contribution in [1.29, 1.82) is 5.26 Å². The van der Waals surface area contributed by atoms with Crippen LogP contribution in [0, 0.1) is 11.3 Å². The summed E-state index contributed by atoms with van der Waals surface area (Å²) in [6, 6.07) is 43.1. The Hall–Kier alpha value is -8.84. The van der Waals surface area contributed by atoms with Gasteiger partial charge in [-0.15, -0.1) is 0 Å². The van der Waals surface area contributed by atoms with Crippen LogP contribution < -0.4 is 0 Å². The van der Waals surface area contributed by atoms with Crippen LogP contribution >= 0.6 is 0 Å². The summed E-state index contributed by atoms with van der Waals surface area (Å²) in [5.74, 6) is 0. The Morgan fingerprint density at radius 1 is 0.351 bits per heavy atom. The van der Waals surface area contributed by atoms with Crippen molar-refractivity contribution in [2.75, 3.05) is 0 Å². The summed E-state index contributed by atoms with van der Waals surface area (Å²) in [5, 5.41) is 12.1. The van der Waals surface area contributed by atoms with Crippen LogP contribution in [-0.2, 0) is 24.7 Å². The lowest BCUT2D eigenvalue weighted by Crippen LogP contribution is -2.11. The summed E-state index contributed by atoms with van der Waals surface area (Å²) in [7, 11) is 0. The molecular formula is C58H30F12N4. The second kappa shape index (κ2) is 17.2. The second-order valence-corrected chi connectivity index (χ2v) is 17.6. The lowest BCUT2D eigenvalue weighted by atomic mass is 9.96. The minimum absolute atomic E-state index is 0.0864. The van der Waals surface area contributed by atoms with Gasteiger partial charge in [0, 0.05) is 45.1 Å². The standard InChI is InChI=1S/C58H30F12N4/c59-55(60,61)39-21-37(22-40(28-39)56(62,63)64)34-13-16-52-46(25-34)43-5-1-3-7-49(43)73(52)51-18-15-36(27-45(51)33-11-9-32(30-71)10-12-33)48-31-72-20-19-54(48)74-50-8-4-2-6-44(50)47-26-35(14-17-53(47)74)38-23-41(57(65,66)67)29-42(24-38)58(68,69)70/h1-29,31H. The number of nitriles is 1. The lowest BCUT2D eigenvalue weighted by Gasteiger charge is -2.18. The highest BCUT2D eigenvalue weighted by Gasteiger charge is 2.38. The summed E-state index contributed by atoms with van der Waals surface area (Å²) in [6.07, 6.45) is -17.0. The van der Waals surface area contributed by atoms with E-state index in [-0.39, 0.29) is 34.4 Å². The topological polar surface area (TPSA) is 46.5 Å². The van der Waals surface area contributed by atoms with Crippen LogP contribution in [0.15, 0.2) is 182 Å². The Balaban J connectivity index is 1.09. The quantitative estimate of drug-likeness (QED) is 0.156. The molecule has 0 spiro atoms. The van der Waals surface area contributed by atoms with Crippen LogP contribution in [0.2, 0.25) is 0 Å². The summed E-state index contributed by atoms with van der Waals surface area (Å²) in [5.41, 5.74) is 0.613. The van der Waals surface area contributed by atoms with Crippen molar-refractivity contribution in [3.8, 4) is 62.0 Å². The van der Waals surface area contributed by atoms with Gasteiger partial charge in [0.15, 0.2) is 0 Å². The highest BCUT2D eigenvalue weighted by molar-refractivity contribution is 6.12. The molecule has 0 N–H and O–H groups in total. The zero-order valence-corrected chi connectivity index (χ0v) is 37.6. The number of benzene rings is 8. The molecule has 4 nitrogen and oxygen atoms in total. The number of para-hydroxylation sites is 2. The van der Waals surface area contributed by atoms with E-state index >= 15 is 0 Å². The first kappa shape index (κ1) is 47.5. The number of rotatable bonds is 6. The molecule has 8 aromatic carbocycles. The highest BCUT2D eigenvalue weighted by Crippen LogP contribution is 2.45. The van der Waals surface area contributed by atoms with Gasteiger partial charge in [-0.3, -0.25) is 4.98 Å². The monoisotopic (exact) mass is 1010 g/mol. The zero-order valence-electron chi connectivity index (χ0n) is 37.6. The van der Waals surface area contributed by atoms with Gasteiger partial charge in [0.1, 0.15) is 0 Å². The summed E-state index contributed by atoms with van der Waals surface area (Å²) < 4.78 is 171. The predicted octanol–water partition coefficient (Wildman–Crippen LogP) is 17.9. The first-order valence-electron chi connectivity index (χ1n) is 22.4. The molecule has 0 bridgehead atoms. The predicted molar refractivity (Wildman–Crippen MR) is 259 cm³/mol. The largest absolute Gasteiger partial charge is 0.416 e. The smallest absolute Gasteiger partial charge is 0.309 e. The molecule has 0 unspecified atom stereocenters. The zero-order chi connectivity index (χ0) is 52.1. The fourth-order valence-electron chi connectivity index (χ4n) is 9.73. The molecule has 16 heteroatoms. The molecule has 0 saturated heterocycles. The number of hydrogen-bond acceptors (Lipinski definition) is 2. The van der Waals surface area contributed by atoms with Gasteiger partial charge in [0.2, 0.25) is 0 Å². The van der Waals surface area contributed by atoms with Crippen LogP contribution in [0.3, 0.4) is 0 Å². The summed E-state index contributed by atoms with van der Waals surface area (Å²) in [6.45, 7) is 0. The molecule has 74 heavy (non-hydrogen) atoms. The molecule has 0 amide bonds. The van der Waals surface area contributed by atoms with E-state index in [4.69, 9.17) is 0 Å². The Kier molecular flexibility index (Phi) is 11.0. The molecule has 3 heterocycles. The van der Waals surface area contributed by atoms with E-state index in [0.29, 0.717) is 107 Å². The SMILES string of the molecule is N#Cc1ccc(-c2cc(-c3cnccc3-n3c4ccccc4c4cc(-c5cc(C(F)(F)F)cc(C(F)(F)F)c5)ccc43)ccc2-n2c3ccccc3c3cc(-c4cc(C(F)(F)F)cc(C(F)(F)F)c4)ccc32)cc1. The van der Waals surface area contributed by atoms with E-state index in [1.165, 1.54) is 12.1 Å². The fourth-order valence-corrected chi connectivity index (χ4v) is 9.73. The number of pyridine rings is 1. The average Bonchev–Trinajstić information content (AvgIpc) is 3.89. The van der Waals surface area contributed by atoms with Crippen molar-refractivity contribution in [3.63, 3.8) is 0 Å². The van der Waals surface area contributed by atoms with Crippen LogP contribution in [0.4, 0.5) is 52.7 Å². The van der Waals surface area contributed by atoms with E-state index in [1.54, 1.807) is 103 Å². The Morgan fingerprint density at radius 2 is 0.757 bits per heavy atom. The Bertz CT molecular complexity index is 4030. The normalized spacial score (nSPS) is 12.6. The number of alkyl halides is 12. The first-order valence-corrected chi connectivity index (χ1v) is 22.4. The molecular weight excluding hydrogens is 981 g/mol. The molecule has 0 saturated carbocycles. The minimum Gasteiger partial charge on any atom is -0.309 e. The van der Waals surface area contributed by atoms with E-state index in [1.807, 2.05) is 39.5 Å². The fraction of sp³-hybridized carbons (Fsp3) is 0.0690. The molecule has 11 rings (SSSR count). The van der Waals surface area contributed by atoms with Crippen LogP contribution in [0.5, 0.6) is 0 Å². The molecule has 0 aliphatic rings. The van der Waals surface area contributed by atoms with Crippen LogP contribution in [0.1, 0.15) is 27.8 Å². The second-order valence-electron chi connectivity index (χ2n) is 17.6. The van der Waals surface area contributed by atoms with E-state index in [2.05, 4.69) is 11.1 Å². The van der Waals surface area contributed by atoms with Gasteiger partial charge >= 0.3 is 24.7 Å². The molecule has 0 aliphatic carbocycles. The lowest BCUT2D eigenvalue weighted by molar-refractivity contribution is -0.144. The van der Waals surface area contributed by atoms with E-state index < -0.39 is 47.0 Å². The number of hydrogen-bond donors (Lipinski definition) is 0. The molecule has 0 aliphatic heterocycles. The van der Waals surface area contributed by atoms with Gasteiger partial charge in [0.25, 0.3) is 0 Å². The number of fused-ring (bicyclic) bond motifs is 6. The molecule has 366 valence electrons. The van der Waals surface area contributed by atoms with Crippen LogP contribution in [-0.4, -0.2) is 14.1 Å². The summed E-state index contributed by atoms with van der Waals surface area (Å²) in [4.78, 5) is 4.49. The molecule has 0 atom stereocenters. The molecule has 11 aromatic rings. The van der Waals surface area contributed by atoms with Crippen molar-refractivity contribution in [2.45, 2.75) is 24.7 Å². The van der Waals surface area contributed by atoms with Gasteiger partial charge in [0.05, 0.1) is 67.3 Å². The van der Waals surface area contributed by atoms with Crippen molar-refractivity contribution in [1.82, 2.24) is 14.1 Å². The van der Waals surface area contributed by atoms with Gasteiger partial charge in [-0.05, 0) is 137 Å². The maximum absolute atomic E-state index is 14.0. The van der Waals surface area contributed by atoms with Gasteiger partial charge < -0.3 is 9.13 Å². The molecule has 3 aromatic heterocycles. The van der Waals surface area contributed by atoms with Gasteiger partial charge in [-0.25, -0.2) is 0 Å². The van der Waals surface area contributed by atoms with Gasteiger partial charge in [-0.1, -0.05) is 66.7 Å². The molecule has 0 fully saturated rings. The number of halogens is 12. The van der Waals surface area contributed by atoms with Crippen molar-refractivity contribution >= 4 is 43.6 Å². The van der Waals surface area contributed by atoms with Crippen molar-refractivity contribution < 1.29 is 52.7 Å². The maximum Gasteiger partial charge on any atom is 0.416 e. The van der Waals surface area contributed by atoms with Gasteiger partial charge in [-0.2, -0.15) is 57.9 Å². The highest BCUT2D eigenvalue weighted by atomic mass is 19.4. The third-order valence-electron chi connectivity index (χ3n) is 13.1. The Morgan fingerprint density at radius 3 is 1.20 bits per heavy atom. The van der Waals surface area contributed by atoms with E-state index in [0.717, 1.165) is 0 Å². The Labute approximate surface area is 411 Å². The minimum atomic E-state index is -5.05. The maximum atomic E-state index is 14.0. The van der Waals surface area contributed by atoms with Crippen LogP contribution in [0.25, 0.3) is 99.5 Å². The van der Waals surface area contributed by atoms with Crippen molar-refractivity contribution in [2.24, 2.45) is 0 Å². The number of nitrogens with zero attached hydrogens (tertiary/aromatic N) is 4. The third-order valence-corrected chi connectivity index (χ3v) is 13.1. The number of aromatic nitrogens is 3. The first-order chi connectivity index (χ1) is 35.2. The summed E-state index contributed by atoms with van der Waals surface area (Å²) >= 11 is 0. The van der Waals surface area contributed by atoms with E-state index in [9.17, 15) is 57.9 Å². The molecule has 0 radical (unpaired) electrons. The average molecular weight is 1010 g/mol. The van der Waals surface area contributed by atoms with Crippen molar-refractivity contribution in [3.05, 3.63) is 210 Å².